The summed E-state index contributed by atoms with van der Waals surface area (Å²) in [5.41, 5.74) is 8.23. The van der Waals surface area contributed by atoms with Crippen molar-refractivity contribution in [1.29, 1.82) is 0 Å². The Morgan fingerprint density at radius 2 is 1.81 bits per heavy atom. The van der Waals surface area contributed by atoms with Gasteiger partial charge in [0.15, 0.2) is 0 Å². The van der Waals surface area contributed by atoms with Crippen molar-refractivity contribution >= 4 is 46.3 Å². The lowest BCUT2D eigenvalue weighted by Gasteiger charge is -2.11. The molecule has 0 aliphatic rings. The molecule has 0 saturated carbocycles. The van der Waals surface area contributed by atoms with Crippen molar-refractivity contribution in [3.8, 4) is 5.69 Å². The van der Waals surface area contributed by atoms with Gasteiger partial charge in [0.2, 0.25) is 0 Å². The number of nitrogens with one attached hydrogen (secondary N) is 1. The highest BCUT2D eigenvalue weighted by Crippen LogP contribution is 2.24. The average molecular weight is 492 g/mol. The molecule has 1 heterocycles. The summed E-state index contributed by atoms with van der Waals surface area (Å²) < 4.78 is 3.20. The molecule has 3 rings (SSSR count). The molecule has 1 N–H and O–H groups in total. The van der Waals surface area contributed by atoms with Gasteiger partial charge in [-0.15, -0.1) is 0 Å². The molecule has 6 heteroatoms. The van der Waals surface area contributed by atoms with Crippen LogP contribution in [0.4, 0.5) is 0 Å². The summed E-state index contributed by atoms with van der Waals surface area (Å²) in [6.07, 6.45) is 1.67. The fraction of sp³-hybridized carbons (Fsp3) is 0.143. The first kappa shape index (κ1) is 19.6. The van der Waals surface area contributed by atoms with Crippen LogP contribution < -0.4 is 5.43 Å². The molecule has 0 bridgehead atoms. The standard InChI is InChI=1S/C21H19ClIN3O/c1-13-4-9-19(11-20(13)22)26-14(2)10-17(15(26)3)12-24-25-21(27)16-5-7-18(23)8-6-16/h4-12H,1-3H3,(H,25,27)/b24-12-. The lowest BCUT2D eigenvalue weighted by Crippen LogP contribution is -2.17. The zero-order chi connectivity index (χ0) is 19.6. The smallest absolute Gasteiger partial charge is 0.271 e. The Balaban J connectivity index is 1.79. The maximum absolute atomic E-state index is 12.1. The van der Waals surface area contributed by atoms with Crippen LogP contribution in [0.2, 0.25) is 5.02 Å². The van der Waals surface area contributed by atoms with Gasteiger partial charge in [0, 0.05) is 36.8 Å². The van der Waals surface area contributed by atoms with Gasteiger partial charge in [0.05, 0.1) is 6.21 Å². The number of benzene rings is 2. The van der Waals surface area contributed by atoms with Crippen molar-refractivity contribution < 1.29 is 4.79 Å². The monoisotopic (exact) mass is 491 g/mol. The largest absolute Gasteiger partial charge is 0.318 e. The zero-order valence-corrected chi connectivity index (χ0v) is 18.2. The number of nitrogens with zero attached hydrogens (tertiary/aromatic N) is 2. The second kappa shape index (κ2) is 8.27. The normalized spacial score (nSPS) is 11.1. The van der Waals surface area contributed by atoms with Gasteiger partial charge in [0.25, 0.3) is 5.91 Å². The predicted molar refractivity (Wildman–Crippen MR) is 119 cm³/mol. The van der Waals surface area contributed by atoms with Crippen molar-refractivity contribution in [1.82, 2.24) is 9.99 Å². The summed E-state index contributed by atoms with van der Waals surface area (Å²) >= 11 is 8.48. The highest BCUT2D eigenvalue weighted by atomic mass is 127. The average Bonchev–Trinajstić information content (AvgIpc) is 2.92. The van der Waals surface area contributed by atoms with Gasteiger partial charge in [-0.25, -0.2) is 5.43 Å². The number of hydrogen-bond acceptors (Lipinski definition) is 2. The van der Waals surface area contributed by atoms with Crippen LogP contribution in [0.5, 0.6) is 0 Å². The zero-order valence-electron chi connectivity index (χ0n) is 15.3. The first-order valence-electron chi connectivity index (χ1n) is 8.41. The van der Waals surface area contributed by atoms with Gasteiger partial charge < -0.3 is 4.57 Å². The third kappa shape index (κ3) is 4.42. The Kier molecular flexibility index (Phi) is 6.01. The quantitative estimate of drug-likeness (QED) is 0.295. The number of aryl methyl sites for hydroxylation is 2. The summed E-state index contributed by atoms with van der Waals surface area (Å²) in [4.78, 5) is 12.1. The molecular weight excluding hydrogens is 473 g/mol. The number of amides is 1. The number of aromatic nitrogens is 1. The van der Waals surface area contributed by atoms with Crippen LogP contribution in [-0.4, -0.2) is 16.7 Å². The van der Waals surface area contributed by atoms with Gasteiger partial charge in [-0.05, 0) is 91.4 Å². The molecule has 0 spiro atoms. The van der Waals surface area contributed by atoms with E-state index in [2.05, 4.69) is 37.7 Å². The summed E-state index contributed by atoms with van der Waals surface area (Å²) in [7, 11) is 0. The number of rotatable bonds is 4. The third-order valence-electron chi connectivity index (χ3n) is 4.36. The van der Waals surface area contributed by atoms with E-state index >= 15 is 0 Å². The van der Waals surface area contributed by atoms with E-state index in [1.54, 1.807) is 18.3 Å². The van der Waals surface area contributed by atoms with Crippen molar-refractivity contribution in [3.63, 3.8) is 0 Å². The number of carbonyl (C=O) groups is 1. The molecule has 1 amide bonds. The van der Waals surface area contributed by atoms with E-state index in [0.29, 0.717) is 5.56 Å². The van der Waals surface area contributed by atoms with E-state index < -0.39 is 0 Å². The molecule has 138 valence electrons. The highest BCUT2D eigenvalue weighted by Gasteiger charge is 2.11. The van der Waals surface area contributed by atoms with Gasteiger partial charge in [-0.1, -0.05) is 17.7 Å². The lowest BCUT2D eigenvalue weighted by atomic mass is 10.2. The molecule has 0 aliphatic heterocycles. The lowest BCUT2D eigenvalue weighted by molar-refractivity contribution is 0.0955. The van der Waals surface area contributed by atoms with E-state index in [-0.39, 0.29) is 5.91 Å². The third-order valence-corrected chi connectivity index (χ3v) is 5.49. The molecule has 1 aromatic heterocycles. The molecule has 4 nitrogen and oxygen atoms in total. The molecule has 0 atom stereocenters. The van der Waals surface area contributed by atoms with Gasteiger partial charge in [0.1, 0.15) is 0 Å². The van der Waals surface area contributed by atoms with Crippen molar-refractivity contribution in [2.45, 2.75) is 20.8 Å². The summed E-state index contributed by atoms with van der Waals surface area (Å²) in [6.45, 7) is 6.03. The first-order chi connectivity index (χ1) is 12.9. The Morgan fingerprint density at radius 1 is 1.11 bits per heavy atom. The van der Waals surface area contributed by atoms with Crippen LogP contribution in [-0.2, 0) is 0 Å². The van der Waals surface area contributed by atoms with Gasteiger partial charge in [-0.2, -0.15) is 5.10 Å². The fourth-order valence-electron chi connectivity index (χ4n) is 2.86. The van der Waals surface area contributed by atoms with Crippen LogP contribution in [0.15, 0.2) is 53.6 Å². The van der Waals surface area contributed by atoms with Crippen molar-refractivity contribution in [3.05, 3.63) is 85.2 Å². The summed E-state index contributed by atoms with van der Waals surface area (Å²) in [5.74, 6) is -0.234. The molecule has 0 aliphatic carbocycles. The molecule has 2 aromatic carbocycles. The van der Waals surface area contributed by atoms with Gasteiger partial charge >= 0.3 is 0 Å². The summed E-state index contributed by atoms with van der Waals surface area (Å²) in [6, 6.07) is 15.4. The van der Waals surface area contributed by atoms with E-state index in [4.69, 9.17) is 11.6 Å². The maximum Gasteiger partial charge on any atom is 0.271 e. The van der Waals surface area contributed by atoms with Crippen LogP contribution >= 0.6 is 34.2 Å². The minimum atomic E-state index is -0.234. The van der Waals surface area contributed by atoms with Crippen LogP contribution in [0.1, 0.15) is 32.9 Å². The van der Waals surface area contributed by atoms with Crippen molar-refractivity contribution in [2.24, 2.45) is 5.10 Å². The minimum Gasteiger partial charge on any atom is -0.318 e. The SMILES string of the molecule is Cc1ccc(-n2c(C)cc(/C=N\NC(=O)c3ccc(I)cc3)c2C)cc1Cl. The Bertz CT molecular complexity index is 1020. The Hall–Kier alpha value is -2.12. The molecule has 0 radical (unpaired) electrons. The first-order valence-corrected chi connectivity index (χ1v) is 9.87. The molecular formula is C21H19ClIN3O. The van der Waals surface area contributed by atoms with E-state index in [1.165, 1.54) is 0 Å². The second-order valence-corrected chi connectivity index (χ2v) is 7.95. The Labute approximate surface area is 177 Å². The Morgan fingerprint density at radius 3 is 2.48 bits per heavy atom. The maximum atomic E-state index is 12.1. The van der Waals surface area contributed by atoms with E-state index in [0.717, 1.165) is 36.8 Å². The number of hydrogen-bond donors (Lipinski definition) is 1. The fourth-order valence-corrected chi connectivity index (χ4v) is 3.40. The molecule has 3 aromatic rings. The molecule has 0 saturated heterocycles. The van der Waals surface area contributed by atoms with Crippen LogP contribution in [0, 0.1) is 24.3 Å². The van der Waals surface area contributed by atoms with E-state index in [9.17, 15) is 4.79 Å². The highest BCUT2D eigenvalue weighted by molar-refractivity contribution is 14.1. The minimum absolute atomic E-state index is 0.234. The van der Waals surface area contributed by atoms with Crippen LogP contribution in [0.3, 0.4) is 0 Å². The predicted octanol–water partition coefficient (Wildman–Crippen LogP) is 5.42. The van der Waals surface area contributed by atoms with Crippen LogP contribution in [0.25, 0.3) is 5.69 Å². The number of hydrazone groups is 1. The molecule has 27 heavy (non-hydrogen) atoms. The topological polar surface area (TPSA) is 46.4 Å². The molecule has 0 unspecified atom stereocenters. The second-order valence-electron chi connectivity index (χ2n) is 6.30. The number of halogens is 2. The van der Waals surface area contributed by atoms with Crippen molar-refractivity contribution in [2.75, 3.05) is 0 Å². The summed E-state index contributed by atoms with van der Waals surface area (Å²) in [5, 5.41) is 4.85. The number of carbonyl (C=O) groups excluding carboxylic acids is 1. The van der Waals surface area contributed by atoms with E-state index in [1.807, 2.05) is 57.2 Å². The molecule has 0 fully saturated rings. The van der Waals surface area contributed by atoms with Gasteiger partial charge in [-0.3, -0.25) is 4.79 Å².